The van der Waals surface area contributed by atoms with Crippen LogP contribution in [0.5, 0.6) is 5.88 Å². The zero-order valence-electron chi connectivity index (χ0n) is 23.4. The van der Waals surface area contributed by atoms with Gasteiger partial charge in [0, 0.05) is 12.1 Å². The molecule has 228 valence electrons. The van der Waals surface area contributed by atoms with Crippen molar-refractivity contribution < 1.29 is 18.1 Å². The maximum atomic E-state index is 13.0. The first-order chi connectivity index (χ1) is 20.8. The van der Waals surface area contributed by atoms with Crippen molar-refractivity contribution in [3.05, 3.63) is 84.0 Å². The molecule has 0 spiro atoms. The molecule has 4 aromatic rings. The van der Waals surface area contributed by atoms with Gasteiger partial charge in [0.15, 0.2) is 11.4 Å². The molecule has 2 N–H and O–H groups in total. The Hall–Kier alpha value is -4.62. The average Bonchev–Trinajstić information content (AvgIpc) is 3.26. The van der Waals surface area contributed by atoms with Crippen LogP contribution in [0, 0.1) is 25.2 Å². The number of unbranched alkanes of at least 4 members (excludes halogenated alkanes) is 1. The van der Waals surface area contributed by atoms with E-state index in [1.54, 1.807) is 6.92 Å². The summed E-state index contributed by atoms with van der Waals surface area (Å²) < 4.78 is 35.7. The van der Waals surface area contributed by atoms with Crippen LogP contribution in [0.1, 0.15) is 36.6 Å². The molecule has 2 heterocycles. The van der Waals surface area contributed by atoms with Crippen LogP contribution in [0.2, 0.25) is 10.0 Å². The number of azo groups is 2. The van der Waals surface area contributed by atoms with E-state index in [4.69, 9.17) is 23.2 Å². The third kappa shape index (κ3) is 6.48. The second-order valence-corrected chi connectivity index (χ2v) is 11.6. The Morgan fingerprint density at radius 1 is 0.977 bits per heavy atom. The molecule has 0 saturated carbocycles. The number of nitriles is 1. The highest BCUT2D eigenvalue weighted by atomic mass is 35.5. The monoisotopic (exact) mass is 657 g/mol. The Bertz CT molecular complexity index is 2090. The Kier molecular flexibility index (Phi) is 9.50. The van der Waals surface area contributed by atoms with Gasteiger partial charge in [0.2, 0.25) is 5.88 Å². The van der Waals surface area contributed by atoms with Crippen molar-refractivity contribution in [2.75, 3.05) is 0 Å². The van der Waals surface area contributed by atoms with Crippen LogP contribution < -0.4 is 11.1 Å². The predicted molar refractivity (Wildman–Crippen MR) is 161 cm³/mol. The van der Waals surface area contributed by atoms with E-state index in [-0.39, 0.29) is 56.2 Å². The van der Waals surface area contributed by atoms with Gasteiger partial charge < -0.3 is 9.66 Å². The first-order valence-electron chi connectivity index (χ1n) is 12.8. The Morgan fingerprint density at radius 2 is 1.55 bits per heavy atom. The van der Waals surface area contributed by atoms with Gasteiger partial charge in [-0.05, 0) is 56.7 Å². The summed E-state index contributed by atoms with van der Waals surface area (Å²) in [5.41, 5.74) is -0.648. The third-order valence-corrected chi connectivity index (χ3v) is 7.91. The van der Waals surface area contributed by atoms with Gasteiger partial charge in [-0.3, -0.25) is 19.3 Å². The molecule has 2 aromatic heterocycles. The summed E-state index contributed by atoms with van der Waals surface area (Å²) in [6, 6.07) is 9.27. The number of benzene rings is 2. The first kappa shape index (κ1) is 32.3. The van der Waals surface area contributed by atoms with Crippen molar-refractivity contribution >= 4 is 56.1 Å². The highest BCUT2D eigenvalue weighted by Crippen LogP contribution is 2.38. The number of hydrogen-bond acceptors (Lipinski definition) is 11. The van der Waals surface area contributed by atoms with E-state index in [2.05, 4.69) is 25.6 Å². The van der Waals surface area contributed by atoms with Crippen molar-refractivity contribution in [3.63, 3.8) is 0 Å². The zero-order chi connectivity index (χ0) is 32.3. The molecule has 4 rings (SSSR count). The van der Waals surface area contributed by atoms with Crippen LogP contribution in [-0.2, 0) is 16.7 Å². The molecule has 0 unspecified atom stereocenters. The number of pyridine rings is 1. The standard InChI is InChI=1S/C27H24Cl2N8O6S/c1-4-5-10-36-25(38)18(13-30)14(2)23(26(36)39)33-31-21-11-20(29)22(12-19(21)28)32-34-24-15(3)35-37(27(24)40)16-6-8-17(9-7-16)44(41,42)43/h6-9,11-12,35,38H,4-5,10H2,1-3H3,(H,41,42,43)/p-1. The smallest absolute Gasteiger partial charge is 0.299 e. The summed E-state index contributed by atoms with van der Waals surface area (Å²) in [7, 11) is -4.65. The summed E-state index contributed by atoms with van der Waals surface area (Å²) >= 11 is 12.8. The largest absolute Gasteiger partial charge is 0.744 e. The van der Waals surface area contributed by atoms with Crippen LogP contribution in [0.15, 0.2) is 71.3 Å². The maximum absolute atomic E-state index is 13.0. The lowest BCUT2D eigenvalue weighted by Gasteiger charge is -2.12. The number of aromatic nitrogens is 3. The summed E-state index contributed by atoms with van der Waals surface area (Å²) in [6.07, 6.45) is 1.34. The van der Waals surface area contributed by atoms with Gasteiger partial charge in [0.1, 0.15) is 33.1 Å². The second kappa shape index (κ2) is 12.9. The van der Waals surface area contributed by atoms with E-state index in [1.807, 2.05) is 13.0 Å². The summed E-state index contributed by atoms with van der Waals surface area (Å²) in [5, 5.41) is 38.9. The van der Waals surface area contributed by atoms with Gasteiger partial charge in [-0.15, -0.1) is 20.5 Å². The molecular weight excluding hydrogens is 635 g/mol. The summed E-state index contributed by atoms with van der Waals surface area (Å²) in [6.45, 7) is 5.15. The molecule has 0 amide bonds. The number of nitrogens with one attached hydrogen (secondary N) is 1. The second-order valence-electron chi connectivity index (χ2n) is 9.42. The quantitative estimate of drug-likeness (QED) is 0.153. The lowest BCUT2D eigenvalue weighted by molar-refractivity contribution is 0.399. The molecule has 0 radical (unpaired) electrons. The highest BCUT2D eigenvalue weighted by Gasteiger charge is 2.19. The van der Waals surface area contributed by atoms with Crippen molar-refractivity contribution in [1.82, 2.24) is 14.3 Å². The molecule has 2 aromatic carbocycles. The van der Waals surface area contributed by atoms with Crippen molar-refractivity contribution in [1.29, 1.82) is 5.26 Å². The van der Waals surface area contributed by atoms with Gasteiger partial charge >= 0.3 is 0 Å². The molecule has 0 aliphatic heterocycles. The number of H-pyrrole nitrogens is 1. The van der Waals surface area contributed by atoms with E-state index < -0.39 is 32.0 Å². The third-order valence-electron chi connectivity index (χ3n) is 6.46. The minimum absolute atomic E-state index is 0.0342. The number of aromatic hydroxyl groups is 1. The summed E-state index contributed by atoms with van der Waals surface area (Å²) in [5.74, 6) is -0.435. The molecule has 0 fully saturated rings. The SMILES string of the molecule is CCCCn1c(O)c(C#N)c(C)c(N=Nc2cc(Cl)c(N=Nc3c(C)[nH]n(-c4ccc(S(=O)(=O)[O-])cc4)c3=O)cc2Cl)c1=O. The zero-order valence-corrected chi connectivity index (χ0v) is 25.7. The van der Waals surface area contributed by atoms with Crippen LogP contribution in [0.4, 0.5) is 22.7 Å². The number of halogens is 2. The Balaban J connectivity index is 1.65. The van der Waals surface area contributed by atoms with Gasteiger partial charge in [-0.2, -0.15) is 5.26 Å². The van der Waals surface area contributed by atoms with Crippen LogP contribution in [0.25, 0.3) is 5.69 Å². The number of nitrogens with zero attached hydrogens (tertiary/aromatic N) is 7. The number of aryl methyl sites for hydroxylation is 1. The molecular formula is C27H23Cl2N8O6S-. The van der Waals surface area contributed by atoms with Crippen molar-refractivity contribution in [2.24, 2.45) is 20.5 Å². The van der Waals surface area contributed by atoms with Gasteiger partial charge in [-0.25, -0.2) is 13.1 Å². The van der Waals surface area contributed by atoms with E-state index in [0.717, 1.165) is 27.8 Å². The Morgan fingerprint density at radius 3 is 2.07 bits per heavy atom. The molecule has 0 aliphatic rings. The minimum Gasteiger partial charge on any atom is -0.744 e. The van der Waals surface area contributed by atoms with Crippen LogP contribution in [0.3, 0.4) is 0 Å². The fourth-order valence-corrected chi connectivity index (χ4v) is 4.93. The average molecular weight is 659 g/mol. The van der Waals surface area contributed by atoms with Crippen LogP contribution >= 0.6 is 23.2 Å². The highest BCUT2D eigenvalue weighted by molar-refractivity contribution is 7.85. The predicted octanol–water partition coefficient (Wildman–Crippen LogP) is 6.36. The maximum Gasteiger partial charge on any atom is 0.299 e. The van der Waals surface area contributed by atoms with Gasteiger partial charge in [0.25, 0.3) is 11.1 Å². The van der Waals surface area contributed by atoms with Gasteiger partial charge in [-0.1, -0.05) is 36.5 Å². The van der Waals surface area contributed by atoms with Crippen molar-refractivity contribution in [2.45, 2.75) is 45.1 Å². The summed E-state index contributed by atoms with van der Waals surface area (Å²) in [4.78, 5) is 25.5. The van der Waals surface area contributed by atoms with Crippen LogP contribution in [-0.4, -0.2) is 32.4 Å². The molecule has 0 saturated heterocycles. The molecule has 0 aliphatic carbocycles. The van der Waals surface area contributed by atoms with Crippen molar-refractivity contribution in [3.8, 4) is 17.6 Å². The van der Waals surface area contributed by atoms with Gasteiger partial charge in [0.05, 0.1) is 26.3 Å². The number of hydrogen-bond donors (Lipinski definition) is 2. The molecule has 44 heavy (non-hydrogen) atoms. The van der Waals surface area contributed by atoms with E-state index in [1.165, 1.54) is 31.2 Å². The van der Waals surface area contributed by atoms with E-state index in [0.29, 0.717) is 12.1 Å². The van der Waals surface area contributed by atoms with E-state index >= 15 is 0 Å². The molecule has 0 atom stereocenters. The lowest BCUT2D eigenvalue weighted by atomic mass is 10.1. The fraction of sp³-hybridized carbons (Fsp3) is 0.222. The molecule has 0 bridgehead atoms. The number of aromatic amines is 1. The lowest BCUT2D eigenvalue weighted by Crippen LogP contribution is -2.22. The molecule has 14 nitrogen and oxygen atoms in total. The fourth-order valence-electron chi connectivity index (χ4n) is 4.07. The first-order valence-corrected chi connectivity index (χ1v) is 15.0. The minimum atomic E-state index is -4.65. The Labute approximate surface area is 260 Å². The number of rotatable bonds is 9. The topological polar surface area (TPSA) is 210 Å². The van der Waals surface area contributed by atoms with E-state index in [9.17, 15) is 32.9 Å². The molecule has 17 heteroatoms. The normalized spacial score (nSPS) is 11.9.